The number of aryl methyl sites for hydroxylation is 1. The van der Waals surface area contributed by atoms with Crippen LogP contribution in [0, 0.1) is 0 Å². The van der Waals surface area contributed by atoms with Crippen LogP contribution in [0.25, 0.3) is 0 Å². The molecule has 0 bridgehead atoms. The summed E-state index contributed by atoms with van der Waals surface area (Å²) in [4.78, 5) is 3.18. The van der Waals surface area contributed by atoms with E-state index in [0.717, 1.165) is 5.92 Å². The van der Waals surface area contributed by atoms with Crippen LogP contribution in [0.1, 0.15) is 68.2 Å². The third-order valence-electron chi connectivity index (χ3n) is 2.87. The first-order chi connectivity index (χ1) is 6.60. The molecule has 1 atom stereocenters. The summed E-state index contributed by atoms with van der Waals surface area (Å²) in [5.74, 6) is 1.42. The van der Waals surface area contributed by atoms with Gasteiger partial charge in [-0.1, -0.05) is 34.6 Å². The maximum atomic E-state index is 2.41. The van der Waals surface area contributed by atoms with E-state index in [1.54, 1.807) is 15.3 Å². The van der Waals surface area contributed by atoms with Gasteiger partial charge < -0.3 is 0 Å². The lowest BCUT2D eigenvalue weighted by molar-refractivity contribution is 0.739. The topological polar surface area (TPSA) is 0 Å². The van der Waals surface area contributed by atoms with E-state index >= 15 is 0 Å². The number of hydrogen-bond acceptors (Lipinski definition) is 1. The van der Waals surface area contributed by atoms with Crippen molar-refractivity contribution in [2.45, 2.75) is 59.3 Å². The fraction of sp³-hybridized carbons (Fsp3) is 0.692. The Balaban J connectivity index is 3.02. The van der Waals surface area contributed by atoms with E-state index in [2.05, 4.69) is 40.7 Å². The Kier molecular flexibility index (Phi) is 4.18. The third kappa shape index (κ3) is 2.38. The van der Waals surface area contributed by atoms with Gasteiger partial charge in [-0.05, 0) is 36.3 Å². The summed E-state index contributed by atoms with van der Waals surface area (Å²) in [6.07, 6.45) is 2.44. The van der Waals surface area contributed by atoms with Crippen LogP contribution in [0.5, 0.6) is 0 Å². The Labute approximate surface area is 92.4 Å². The molecule has 0 nitrogen and oxygen atoms in total. The van der Waals surface area contributed by atoms with Gasteiger partial charge >= 0.3 is 0 Å². The zero-order valence-corrected chi connectivity index (χ0v) is 10.9. The Morgan fingerprint density at radius 1 is 1.21 bits per heavy atom. The zero-order valence-electron chi connectivity index (χ0n) is 10.1. The quantitative estimate of drug-likeness (QED) is 0.660. The minimum atomic E-state index is 0.683. The monoisotopic (exact) mass is 210 g/mol. The van der Waals surface area contributed by atoms with Crippen LogP contribution in [-0.4, -0.2) is 0 Å². The molecule has 0 saturated carbocycles. The summed E-state index contributed by atoms with van der Waals surface area (Å²) in [5.41, 5.74) is 1.58. The summed E-state index contributed by atoms with van der Waals surface area (Å²) in [5, 5.41) is 0. The van der Waals surface area contributed by atoms with E-state index < -0.39 is 0 Å². The molecule has 1 heteroatoms. The molecule has 0 spiro atoms. The van der Waals surface area contributed by atoms with Gasteiger partial charge in [0.1, 0.15) is 0 Å². The Morgan fingerprint density at radius 3 is 2.29 bits per heavy atom. The van der Waals surface area contributed by atoms with Crippen molar-refractivity contribution in [1.29, 1.82) is 0 Å². The second-order valence-electron chi connectivity index (χ2n) is 4.36. The van der Waals surface area contributed by atoms with Crippen molar-refractivity contribution in [2.75, 3.05) is 0 Å². The molecule has 0 aliphatic carbocycles. The van der Waals surface area contributed by atoms with E-state index in [4.69, 9.17) is 0 Å². The molecule has 1 aromatic heterocycles. The van der Waals surface area contributed by atoms with Crippen LogP contribution in [0.3, 0.4) is 0 Å². The molecule has 0 N–H and O–H groups in total. The molecule has 0 saturated heterocycles. The molecular weight excluding hydrogens is 188 g/mol. The predicted octanol–water partition coefficient (Wildman–Crippen LogP) is 4.95. The van der Waals surface area contributed by atoms with Crippen molar-refractivity contribution in [3.05, 3.63) is 21.4 Å². The minimum Gasteiger partial charge on any atom is -0.145 e. The molecule has 1 aromatic rings. The van der Waals surface area contributed by atoms with Crippen LogP contribution < -0.4 is 0 Å². The van der Waals surface area contributed by atoms with Crippen LogP contribution in [-0.2, 0) is 6.42 Å². The second-order valence-corrected chi connectivity index (χ2v) is 5.47. The van der Waals surface area contributed by atoms with Gasteiger partial charge in [0.15, 0.2) is 0 Å². The molecule has 0 aromatic carbocycles. The van der Waals surface area contributed by atoms with Crippen molar-refractivity contribution in [3.63, 3.8) is 0 Å². The smallest absolute Gasteiger partial charge is 0.0108 e. The second kappa shape index (κ2) is 4.97. The lowest BCUT2D eigenvalue weighted by atomic mass is 10.0. The highest BCUT2D eigenvalue weighted by molar-refractivity contribution is 7.12. The lowest BCUT2D eigenvalue weighted by Gasteiger charge is -2.07. The van der Waals surface area contributed by atoms with E-state index in [1.807, 2.05) is 11.3 Å². The van der Waals surface area contributed by atoms with Crippen LogP contribution in [0.15, 0.2) is 6.07 Å². The van der Waals surface area contributed by atoms with E-state index in [9.17, 15) is 0 Å². The van der Waals surface area contributed by atoms with Crippen LogP contribution in [0.4, 0.5) is 0 Å². The van der Waals surface area contributed by atoms with E-state index in [1.165, 1.54) is 12.8 Å². The number of rotatable bonds is 4. The summed E-state index contributed by atoms with van der Waals surface area (Å²) < 4.78 is 0. The van der Waals surface area contributed by atoms with Crippen molar-refractivity contribution >= 4 is 11.3 Å². The van der Waals surface area contributed by atoms with Crippen molar-refractivity contribution in [2.24, 2.45) is 0 Å². The van der Waals surface area contributed by atoms with E-state index in [0.29, 0.717) is 5.92 Å². The Bertz CT molecular complexity index is 283. The van der Waals surface area contributed by atoms with Gasteiger partial charge in [-0.15, -0.1) is 11.3 Å². The highest BCUT2D eigenvalue weighted by Crippen LogP contribution is 2.35. The molecule has 0 fully saturated rings. The van der Waals surface area contributed by atoms with Gasteiger partial charge in [0.25, 0.3) is 0 Å². The van der Waals surface area contributed by atoms with Gasteiger partial charge in [0.2, 0.25) is 0 Å². The van der Waals surface area contributed by atoms with Gasteiger partial charge in [-0.2, -0.15) is 0 Å². The fourth-order valence-corrected chi connectivity index (χ4v) is 3.02. The van der Waals surface area contributed by atoms with E-state index in [-0.39, 0.29) is 0 Å². The first-order valence-electron chi connectivity index (χ1n) is 5.72. The Morgan fingerprint density at radius 2 is 1.86 bits per heavy atom. The summed E-state index contributed by atoms with van der Waals surface area (Å²) in [7, 11) is 0. The fourth-order valence-electron chi connectivity index (χ4n) is 1.63. The molecular formula is C13H22S. The van der Waals surface area contributed by atoms with Crippen molar-refractivity contribution < 1.29 is 0 Å². The SMILES string of the molecule is CCc1cc(C(C)C)sc1C(C)CC. The minimum absolute atomic E-state index is 0.683. The van der Waals surface area contributed by atoms with Crippen molar-refractivity contribution in [1.82, 2.24) is 0 Å². The summed E-state index contributed by atoms with van der Waals surface area (Å²) in [6.45, 7) is 11.4. The molecule has 0 radical (unpaired) electrons. The predicted molar refractivity (Wildman–Crippen MR) is 66.5 cm³/mol. The molecule has 0 amide bonds. The van der Waals surface area contributed by atoms with Gasteiger partial charge in [-0.25, -0.2) is 0 Å². The maximum absolute atomic E-state index is 2.41. The van der Waals surface area contributed by atoms with Crippen LogP contribution >= 0.6 is 11.3 Å². The molecule has 80 valence electrons. The molecule has 14 heavy (non-hydrogen) atoms. The molecule has 1 unspecified atom stereocenters. The van der Waals surface area contributed by atoms with Gasteiger partial charge in [-0.3, -0.25) is 0 Å². The summed E-state index contributed by atoms with van der Waals surface area (Å²) >= 11 is 2.02. The zero-order chi connectivity index (χ0) is 10.7. The first kappa shape index (κ1) is 11.8. The highest BCUT2D eigenvalue weighted by Gasteiger charge is 2.14. The largest absolute Gasteiger partial charge is 0.145 e. The standard InChI is InChI=1S/C13H22S/c1-6-10(5)13-11(7-2)8-12(14-13)9(3)4/h8-10H,6-7H2,1-5H3. The van der Waals surface area contributed by atoms with Crippen LogP contribution in [0.2, 0.25) is 0 Å². The average molecular weight is 210 g/mol. The first-order valence-corrected chi connectivity index (χ1v) is 6.54. The molecule has 1 heterocycles. The van der Waals surface area contributed by atoms with Gasteiger partial charge in [0.05, 0.1) is 0 Å². The molecule has 0 aliphatic rings. The lowest BCUT2D eigenvalue weighted by Crippen LogP contribution is -1.91. The van der Waals surface area contributed by atoms with Crippen molar-refractivity contribution in [3.8, 4) is 0 Å². The summed E-state index contributed by atoms with van der Waals surface area (Å²) in [6, 6.07) is 2.41. The Hall–Kier alpha value is -0.300. The normalized spacial score (nSPS) is 13.6. The highest BCUT2D eigenvalue weighted by atomic mass is 32.1. The molecule has 1 rings (SSSR count). The third-order valence-corrected chi connectivity index (χ3v) is 4.58. The van der Waals surface area contributed by atoms with Gasteiger partial charge in [0, 0.05) is 9.75 Å². The number of thiophene rings is 1. The average Bonchev–Trinajstić information content (AvgIpc) is 2.60. The number of hydrogen-bond donors (Lipinski definition) is 0. The maximum Gasteiger partial charge on any atom is 0.0108 e. The molecule has 0 aliphatic heterocycles.